The van der Waals surface area contributed by atoms with Crippen LogP contribution in [0.1, 0.15) is 21.6 Å². The van der Waals surface area contributed by atoms with Gasteiger partial charge in [-0.15, -0.1) is 0 Å². The third-order valence-corrected chi connectivity index (χ3v) is 4.99. The number of anilines is 1. The molecule has 0 unspecified atom stereocenters. The molecule has 0 aliphatic rings. The number of methoxy groups -OCH3 is 1. The number of nitrogens with one attached hydrogen (secondary N) is 2. The molecule has 1 amide bonds. The van der Waals surface area contributed by atoms with Gasteiger partial charge in [-0.25, -0.2) is 13.6 Å². The quantitative estimate of drug-likeness (QED) is 0.652. The van der Waals surface area contributed by atoms with Gasteiger partial charge in [0, 0.05) is 10.9 Å². The van der Waals surface area contributed by atoms with Crippen LogP contribution in [0.25, 0.3) is 10.9 Å². The van der Waals surface area contributed by atoms with Gasteiger partial charge in [0.05, 0.1) is 17.7 Å². The van der Waals surface area contributed by atoms with E-state index in [0.717, 1.165) is 22.0 Å². The van der Waals surface area contributed by atoms with Crippen molar-refractivity contribution < 1.29 is 17.9 Å². The number of sulfonamides is 1. The van der Waals surface area contributed by atoms with Crippen LogP contribution in [0.15, 0.2) is 41.3 Å². The number of aryl methyl sites for hydroxylation is 2. The van der Waals surface area contributed by atoms with E-state index in [0.29, 0.717) is 11.4 Å². The number of primary sulfonamides is 1. The molecule has 3 rings (SSSR count). The van der Waals surface area contributed by atoms with Gasteiger partial charge < -0.3 is 15.0 Å². The van der Waals surface area contributed by atoms with E-state index in [9.17, 15) is 13.2 Å². The van der Waals surface area contributed by atoms with Crippen LogP contribution in [-0.2, 0) is 10.0 Å². The van der Waals surface area contributed by atoms with Crippen LogP contribution in [0.2, 0.25) is 0 Å². The normalized spacial score (nSPS) is 11.5. The Morgan fingerprint density at radius 2 is 1.88 bits per heavy atom. The van der Waals surface area contributed by atoms with Gasteiger partial charge in [0.25, 0.3) is 5.91 Å². The number of nitrogens with two attached hydrogens (primary N) is 1. The van der Waals surface area contributed by atoms with Gasteiger partial charge in [0.1, 0.15) is 11.4 Å². The van der Waals surface area contributed by atoms with Crippen LogP contribution in [0.3, 0.4) is 0 Å². The molecular weight excluding hydrogens is 354 g/mol. The first kappa shape index (κ1) is 18.0. The third kappa shape index (κ3) is 3.42. The van der Waals surface area contributed by atoms with Crippen LogP contribution in [0.4, 0.5) is 5.69 Å². The number of rotatable bonds is 4. The lowest BCUT2D eigenvalue weighted by Crippen LogP contribution is -2.15. The second kappa shape index (κ2) is 6.47. The minimum Gasteiger partial charge on any atom is -0.495 e. The summed E-state index contributed by atoms with van der Waals surface area (Å²) in [5.41, 5.74) is 3.58. The molecule has 3 aromatic rings. The number of hydrogen-bond donors (Lipinski definition) is 3. The second-order valence-electron chi connectivity index (χ2n) is 6.09. The Morgan fingerprint density at radius 3 is 2.54 bits per heavy atom. The first-order valence-electron chi connectivity index (χ1n) is 7.81. The average Bonchev–Trinajstić information content (AvgIpc) is 2.98. The first-order valence-corrected chi connectivity index (χ1v) is 9.36. The van der Waals surface area contributed by atoms with Crippen LogP contribution >= 0.6 is 0 Å². The highest BCUT2D eigenvalue weighted by Crippen LogP contribution is 2.28. The van der Waals surface area contributed by atoms with Crippen molar-refractivity contribution in [1.82, 2.24) is 4.98 Å². The summed E-state index contributed by atoms with van der Waals surface area (Å²) in [5.74, 6) is -0.0861. The molecule has 0 saturated carbocycles. The summed E-state index contributed by atoms with van der Waals surface area (Å²) >= 11 is 0. The van der Waals surface area contributed by atoms with Crippen molar-refractivity contribution >= 4 is 32.5 Å². The average molecular weight is 373 g/mol. The summed E-state index contributed by atoms with van der Waals surface area (Å²) in [6.07, 6.45) is 0. The van der Waals surface area contributed by atoms with Crippen LogP contribution in [0, 0.1) is 13.8 Å². The van der Waals surface area contributed by atoms with Gasteiger partial charge in [-0.3, -0.25) is 4.79 Å². The van der Waals surface area contributed by atoms with Gasteiger partial charge in [0.15, 0.2) is 0 Å². The lowest BCUT2D eigenvalue weighted by Gasteiger charge is -2.11. The lowest BCUT2D eigenvalue weighted by atomic mass is 10.1. The number of H-pyrrole nitrogens is 1. The fraction of sp³-hybridized carbons (Fsp3) is 0.167. The van der Waals surface area contributed by atoms with E-state index in [1.54, 1.807) is 6.07 Å². The van der Waals surface area contributed by atoms with E-state index < -0.39 is 15.9 Å². The summed E-state index contributed by atoms with van der Waals surface area (Å²) in [7, 11) is -2.47. The Hall–Kier alpha value is -2.84. The first-order chi connectivity index (χ1) is 12.2. The Balaban J connectivity index is 1.98. The molecule has 2 aromatic carbocycles. The molecule has 0 aliphatic heterocycles. The minimum absolute atomic E-state index is 0.114. The molecule has 1 aromatic heterocycles. The summed E-state index contributed by atoms with van der Waals surface area (Å²) in [6, 6.07) is 9.78. The summed E-state index contributed by atoms with van der Waals surface area (Å²) < 4.78 is 28.3. The van der Waals surface area contributed by atoms with Crippen molar-refractivity contribution in [3.05, 3.63) is 53.2 Å². The zero-order valence-electron chi connectivity index (χ0n) is 14.6. The number of ether oxygens (including phenoxy) is 1. The lowest BCUT2D eigenvalue weighted by molar-refractivity contribution is 0.102. The smallest absolute Gasteiger partial charge is 0.272 e. The largest absolute Gasteiger partial charge is 0.495 e. The van der Waals surface area contributed by atoms with Crippen LogP contribution in [-0.4, -0.2) is 26.4 Å². The molecule has 4 N–H and O–H groups in total. The zero-order chi connectivity index (χ0) is 19.1. The maximum Gasteiger partial charge on any atom is 0.272 e. The molecule has 0 aliphatic carbocycles. The van der Waals surface area contributed by atoms with Crippen molar-refractivity contribution in [1.29, 1.82) is 0 Å². The number of aromatic amines is 1. The molecule has 7 nitrogen and oxygen atoms in total. The monoisotopic (exact) mass is 373 g/mol. The Labute approximate surface area is 151 Å². The van der Waals surface area contributed by atoms with Gasteiger partial charge in [0.2, 0.25) is 10.0 Å². The number of hydrogen-bond acceptors (Lipinski definition) is 4. The van der Waals surface area contributed by atoms with Crippen molar-refractivity contribution in [2.75, 3.05) is 12.4 Å². The highest BCUT2D eigenvalue weighted by molar-refractivity contribution is 7.89. The summed E-state index contributed by atoms with van der Waals surface area (Å²) in [5, 5.41) is 8.77. The van der Waals surface area contributed by atoms with Crippen LogP contribution in [0.5, 0.6) is 5.75 Å². The van der Waals surface area contributed by atoms with Gasteiger partial charge in [-0.2, -0.15) is 0 Å². The molecule has 1 heterocycles. The summed E-state index contributed by atoms with van der Waals surface area (Å²) in [4.78, 5) is 15.6. The third-order valence-electron chi connectivity index (χ3n) is 4.08. The van der Waals surface area contributed by atoms with E-state index in [-0.39, 0.29) is 10.6 Å². The maximum absolute atomic E-state index is 12.6. The van der Waals surface area contributed by atoms with E-state index in [1.807, 2.05) is 26.0 Å². The molecular formula is C18H19N3O4S. The number of carbonyl (C=O) groups is 1. The molecule has 8 heteroatoms. The Bertz CT molecular complexity index is 1120. The van der Waals surface area contributed by atoms with E-state index in [1.165, 1.54) is 25.3 Å². The minimum atomic E-state index is -3.90. The number of carbonyl (C=O) groups excluding carboxylic acids is 1. The number of amides is 1. The molecule has 0 atom stereocenters. The highest BCUT2D eigenvalue weighted by atomic mass is 32.2. The second-order valence-corrected chi connectivity index (χ2v) is 7.65. The molecule has 0 bridgehead atoms. The van der Waals surface area contributed by atoms with E-state index in [4.69, 9.17) is 9.88 Å². The molecule has 0 saturated heterocycles. The van der Waals surface area contributed by atoms with E-state index in [2.05, 4.69) is 10.3 Å². The Kier molecular flexibility index (Phi) is 4.47. The fourth-order valence-corrected chi connectivity index (χ4v) is 3.41. The standard InChI is InChI=1S/C18H19N3O4S/c1-10-6-11(2)13-9-16(20-14(13)7-10)18(22)21-15-8-12(26(19,23)24)4-5-17(15)25-3/h4-9,20H,1-3H3,(H,21,22)(H2,19,23,24). The van der Waals surface area contributed by atoms with Gasteiger partial charge in [-0.1, -0.05) is 6.07 Å². The molecule has 0 fully saturated rings. The van der Waals surface area contributed by atoms with Crippen LogP contribution < -0.4 is 15.2 Å². The maximum atomic E-state index is 12.6. The van der Waals surface area contributed by atoms with Gasteiger partial charge in [-0.05, 0) is 55.3 Å². The highest BCUT2D eigenvalue weighted by Gasteiger charge is 2.16. The number of benzene rings is 2. The summed E-state index contributed by atoms with van der Waals surface area (Å²) in [6.45, 7) is 3.96. The molecule has 136 valence electrons. The van der Waals surface area contributed by atoms with Gasteiger partial charge >= 0.3 is 0 Å². The number of aromatic nitrogens is 1. The van der Waals surface area contributed by atoms with Crippen molar-refractivity contribution in [2.45, 2.75) is 18.7 Å². The predicted molar refractivity (Wildman–Crippen MR) is 100 cm³/mol. The van der Waals surface area contributed by atoms with Crippen molar-refractivity contribution in [2.24, 2.45) is 5.14 Å². The molecule has 0 spiro atoms. The molecule has 26 heavy (non-hydrogen) atoms. The fourth-order valence-electron chi connectivity index (χ4n) is 2.87. The van der Waals surface area contributed by atoms with Crippen molar-refractivity contribution in [3.63, 3.8) is 0 Å². The molecule has 0 radical (unpaired) electrons. The SMILES string of the molecule is COc1ccc(S(N)(=O)=O)cc1NC(=O)c1cc2c(C)cc(C)cc2[nH]1. The number of fused-ring (bicyclic) bond motifs is 1. The van der Waals surface area contributed by atoms with Crippen molar-refractivity contribution in [3.8, 4) is 5.75 Å². The van der Waals surface area contributed by atoms with E-state index >= 15 is 0 Å². The zero-order valence-corrected chi connectivity index (χ0v) is 15.4. The predicted octanol–water partition coefficient (Wildman–Crippen LogP) is 2.69. The Morgan fingerprint density at radius 1 is 1.15 bits per heavy atom. The topological polar surface area (TPSA) is 114 Å².